The molecule has 14 heavy (non-hydrogen) atoms. The first-order valence-corrected chi connectivity index (χ1v) is 5.08. The lowest BCUT2D eigenvalue weighted by atomic mass is 9.97. The Balaban J connectivity index is 2.62. The van der Waals surface area contributed by atoms with Gasteiger partial charge in [0.2, 0.25) is 0 Å². The van der Waals surface area contributed by atoms with Crippen molar-refractivity contribution >= 4 is 11.6 Å². The van der Waals surface area contributed by atoms with Crippen LogP contribution in [0.4, 0.5) is 4.39 Å². The first-order valence-electron chi connectivity index (χ1n) is 4.70. The second-order valence-corrected chi connectivity index (χ2v) is 4.50. The van der Waals surface area contributed by atoms with Crippen molar-refractivity contribution in [3.8, 4) is 0 Å². The summed E-state index contributed by atoms with van der Waals surface area (Å²) in [5, 5.41) is 0.511. The number of rotatable bonds is 1. The number of benzene rings is 1. The molecule has 0 heterocycles. The van der Waals surface area contributed by atoms with Gasteiger partial charge in [0.25, 0.3) is 0 Å². The van der Waals surface area contributed by atoms with Crippen LogP contribution in [0.15, 0.2) is 6.07 Å². The molecule has 76 valence electrons. The van der Waals surface area contributed by atoms with Crippen molar-refractivity contribution in [2.24, 2.45) is 5.73 Å². The van der Waals surface area contributed by atoms with Gasteiger partial charge in [0, 0.05) is 16.1 Å². The second kappa shape index (κ2) is 2.94. The fourth-order valence-corrected chi connectivity index (χ4v) is 1.96. The van der Waals surface area contributed by atoms with Gasteiger partial charge in [-0.15, -0.1) is 0 Å². The molecular weight excluding hydrogens is 201 g/mol. The Morgan fingerprint density at radius 3 is 2.43 bits per heavy atom. The maximum Gasteiger partial charge on any atom is 0.127 e. The van der Waals surface area contributed by atoms with Gasteiger partial charge in [0.05, 0.1) is 0 Å². The standard InChI is InChI=1S/C11H13ClFN/c1-6-8(11(14)3-4-11)5-9(13)7(2)10(6)12/h5H,3-4,14H2,1-2H3. The van der Waals surface area contributed by atoms with Crippen molar-refractivity contribution in [3.63, 3.8) is 0 Å². The maximum atomic E-state index is 13.4. The van der Waals surface area contributed by atoms with Crippen LogP contribution in [0.1, 0.15) is 29.5 Å². The molecule has 1 saturated carbocycles. The monoisotopic (exact) mass is 213 g/mol. The molecule has 0 unspecified atom stereocenters. The Kier molecular flexibility index (Phi) is 2.09. The molecule has 2 N–H and O–H groups in total. The van der Waals surface area contributed by atoms with Gasteiger partial charge < -0.3 is 5.73 Å². The van der Waals surface area contributed by atoms with E-state index in [1.54, 1.807) is 6.92 Å². The summed E-state index contributed by atoms with van der Waals surface area (Å²) < 4.78 is 13.4. The average molecular weight is 214 g/mol. The van der Waals surface area contributed by atoms with Gasteiger partial charge in [-0.1, -0.05) is 11.6 Å². The van der Waals surface area contributed by atoms with Gasteiger partial charge in [0.1, 0.15) is 5.82 Å². The van der Waals surface area contributed by atoms with Crippen molar-refractivity contribution in [3.05, 3.63) is 33.6 Å². The highest BCUT2D eigenvalue weighted by Gasteiger charge is 2.41. The molecule has 3 heteroatoms. The SMILES string of the molecule is Cc1c(F)cc(C2(N)CC2)c(C)c1Cl. The topological polar surface area (TPSA) is 26.0 Å². The Labute approximate surface area is 88.1 Å². The molecule has 0 spiro atoms. The summed E-state index contributed by atoms with van der Waals surface area (Å²) in [7, 11) is 0. The van der Waals surface area contributed by atoms with Crippen molar-refractivity contribution in [2.75, 3.05) is 0 Å². The minimum atomic E-state index is -0.317. The highest BCUT2D eigenvalue weighted by molar-refractivity contribution is 6.32. The zero-order chi connectivity index (χ0) is 10.5. The minimum absolute atomic E-state index is 0.257. The molecule has 1 aromatic carbocycles. The molecule has 0 atom stereocenters. The fourth-order valence-electron chi connectivity index (χ4n) is 1.77. The lowest BCUT2D eigenvalue weighted by Gasteiger charge is -2.16. The summed E-state index contributed by atoms with van der Waals surface area (Å²) in [5.74, 6) is -0.257. The quantitative estimate of drug-likeness (QED) is 0.763. The van der Waals surface area contributed by atoms with Crippen LogP contribution in [0.5, 0.6) is 0 Å². The van der Waals surface area contributed by atoms with Crippen molar-refractivity contribution in [1.82, 2.24) is 0 Å². The van der Waals surface area contributed by atoms with Crippen LogP contribution >= 0.6 is 11.6 Å². The van der Waals surface area contributed by atoms with Gasteiger partial charge in [-0.3, -0.25) is 0 Å². The van der Waals surface area contributed by atoms with E-state index in [4.69, 9.17) is 17.3 Å². The molecule has 1 aromatic rings. The Morgan fingerprint density at radius 2 is 1.93 bits per heavy atom. The van der Waals surface area contributed by atoms with Crippen LogP contribution in [-0.2, 0) is 5.54 Å². The predicted octanol–water partition coefficient (Wildman–Crippen LogP) is 3.04. The van der Waals surface area contributed by atoms with E-state index < -0.39 is 0 Å². The van der Waals surface area contributed by atoms with Crippen molar-refractivity contribution in [1.29, 1.82) is 0 Å². The third-order valence-electron chi connectivity index (χ3n) is 3.02. The lowest BCUT2D eigenvalue weighted by molar-refractivity contribution is 0.608. The van der Waals surface area contributed by atoms with Crippen LogP contribution < -0.4 is 5.73 Å². The Hall–Kier alpha value is -0.600. The largest absolute Gasteiger partial charge is 0.321 e. The summed E-state index contributed by atoms with van der Waals surface area (Å²) in [5.41, 5.74) is 8.01. The van der Waals surface area contributed by atoms with Crippen LogP contribution in [0.25, 0.3) is 0 Å². The normalized spacial score (nSPS) is 18.4. The maximum absolute atomic E-state index is 13.4. The second-order valence-electron chi connectivity index (χ2n) is 4.13. The van der Waals surface area contributed by atoms with E-state index in [1.165, 1.54) is 6.07 Å². The molecule has 1 aliphatic carbocycles. The van der Waals surface area contributed by atoms with E-state index in [0.29, 0.717) is 10.6 Å². The Morgan fingerprint density at radius 1 is 1.36 bits per heavy atom. The lowest BCUT2D eigenvalue weighted by Crippen LogP contribution is -2.20. The molecule has 1 fully saturated rings. The summed E-state index contributed by atoms with van der Waals surface area (Å²) in [6, 6.07) is 1.53. The molecule has 1 nitrogen and oxygen atoms in total. The first kappa shape index (κ1) is 9.94. The smallest absolute Gasteiger partial charge is 0.127 e. The average Bonchev–Trinajstić information content (AvgIpc) is 2.87. The molecular formula is C11H13ClFN. The van der Waals surface area contributed by atoms with E-state index in [-0.39, 0.29) is 11.4 Å². The Bertz CT molecular complexity index is 397. The van der Waals surface area contributed by atoms with Crippen molar-refractivity contribution < 1.29 is 4.39 Å². The zero-order valence-corrected chi connectivity index (χ0v) is 9.08. The van der Waals surface area contributed by atoms with E-state index >= 15 is 0 Å². The van der Waals surface area contributed by atoms with Crippen molar-refractivity contribution in [2.45, 2.75) is 32.2 Å². The third kappa shape index (κ3) is 1.33. The summed E-state index contributed by atoms with van der Waals surface area (Å²) in [6.07, 6.45) is 1.85. The number of halogens is 2. The summed E-state index contributed by atoms with van der Waals surface area (Å²) >= 11 is 6.03. The molecule has 0 radical (unpaired) electrons. The van der Waals surface area contributed by atoms with Gasteiger partial charge in [0.15, 0.2) is 0 Å². The van der Waals surface area contributed by atoms with Gasteiger partial charge >= 0.3 is 0 Å². The highest BCUT2D eigenvalue weighted by atomic mass is 35.5. The first-order chi connectivity index (χ1) is 6.46. The molecule has 0 aromatic heterocycles. The van der Waals surface area contributed by atoms with Crippen LogP contribution in [-0.4, -0.2) is 0 Å². The van der Waals surface area contributed by atoms with Crippen LogP contribution in [0.2, 0.25) is 5.02 Å². The van der Waals surface area contributed by atoms with E-state index in [9.17, 15) is 4.39 Å². The van der Waals surface area contributed by atoms with E-state index in [0.717, 1.165) is 24.0 Å². The fraction of sp³-hybridized carbons (Fsp3) is 0.455. The molecule has 2 rings (SSSR count). The number of nitrogens with two attached hydrogens (primary N) is 1. The third-order valence-corrected chi connectivity index (χ3v) is 3.58. The summed E-state index contributed by atoms with van der Waals surface area (Å²) in [6.45, 7) is 3.58. The van der Waals surface area contributed by atoms with Gasteiger partial charge in [-0.2, -0.15) is 0 Å². The molecule has 0 amide bonds. The minimum Gasteiger partial charge on any atom is -0.321 e. The molecule has 1 aliphatic rings. The van der Waals surface area contributed by atoms with E-state index in [2.05, 4.69) is 0 Å². The zero-order valence-electron chi connectivity index (χ0n) is 8.32. The van der Waals surface area contributed by atoms with Crippen LogP contribution in [0.3, 0.4) is 0 Å². The van der Waals surface area contributed by atoms with E-state index in [1.807, 2.05) is 6.92 Å². The highest BCUT2D eigenvalue weighted by Crippen LogP contribution is 2.46. The van der Waals surface area contributed by atoms with Gasteiger partial charge in [-0.25, -0.2) is 4.39 Å². The molecule has 0 bridgehead atoms. The number of hydrogen-bond donors (Lipinski definition) is 1. The molecule has 0 aliphatic heterocycles. The predicted molar refractivity (Wildman–Crippen MR) is 56.0 cm³/mol. The molecule has 0 saturated heterocycles. The van der Waals surface area contributed by atoms with Gasteiger partial charge in [-0.05, 0) is 43.9 Å². The number of hydrogen-bond acceptors (Lipinski definition) is 1. The van der Waals surface area contributed by atoms with Crippen LogP contribution in [0, 0.1) is 19.7 Å². The summed E-state index contributed by atoms with van der Waals surface area (Å²) in [4.78, 5) is 0.